The number of amides is 1. The van der Waals surface area contributed by atoms with Crippen LogP contribution in [0.15, 0.2) is 60.7 Å². The minimum absolute atomic E-state index is 0.0627. The Kier molecular flexibility index (Phi) is 9.54. The van der Waals surface area contributed by atoms with Crippen molar-refractivity contribution in [1.29, 1.82) is 5.26 Å². The van der Waals surface area contributed by atoms with Crippen LogP contribution in [0.5, 0.6) is 17.2 Å². The van der Waals surface area contributed by atoms with Gasteiger partial charge in [0, 0.05) is 13.0 Å². The lowest BCUT2D eigenvalue weighted by atomic mass is 10.1. The zero-order valence-corrected chi connectivity index (χ0v) is 18.2. The molecule has 2 aromatic rings. The minimum Gasteiger partial charge on any atom is -0.494 e. The first kappa shape index (κ1) is 24.2. The van der Waals surface area contributed by atoms with E-state index in [1.807, 2.05) is 37.3 Å². The van der Waals surface area contributed by atoms with Crippen LogP contribution < -0.4 is 19.5 Å². The number of carbonyl (C=O) groups excluding carboxylic acids is 2. The Bertz CT molecular complexity index is 1040. The standard InChI is InChI=1S/C25H26N2O5/c1-4-12-27-25(29)20(17-26)15-19-10-11-22(23(16-19)30-3)32-24(28)9-6-13-31-21-8-5-7-18(2)14-21/h4-5,7-8,10-11,14-16H,1,6,9,12-13H2,2-3H3,(H,27,29)/b20-15+. The van der Waals surface area contributed by atoms with Crippen LogP contribution in [0.2, 0.25) is 0 Å². The molecule has 0 spiro atoms. The number of aryl methyl sites for hydroxylation is 1. The van der Waals surface area contributed by atoms with Gasteiger partial charge in [0.25, 0.3) is 5.91 Å². The van der Waals surface area contributed by atoms with E-state index in [1.165, 1.54) is 19.3 Å². The topological polar surface area (TPSA) is 97.7 Å². The van der Waals surface area contributed by atoms with Gasteiger partial charge >= 0.3 is 5.97 Å². The summed E-state index contributed by atoms with van der Waals surface area (Å²) < 4.78 is 16.3. The maximum absolute atomic E-state index is 12.2. The molecule has 7 heteroatoms. The van der Waals surface area contributed by atoms with Crippen molar-refractivity contribution in [3.63, 3.8) is 0 Å². The number of esters is 1. The molecule has 0 heterocycles. The van der Waals surface area contributed by atoms with Crippen LogP contribution >= 0.6 is 0 Å². The molecule has 2 rings (SSSR count). The monoisotopic (exact) mass is 434 g/mol. The van der Waals surface area contributed by atoms with Gasteiger partial charge in [0.15, 0.2) is 11.5 Å². The van der Waals surface area contributed by atoms with Gasteiger partial charge in [-0.05, 0) is 54.8 Å². The van der Waals surface area contributed by atoms with E-state index in [0.29, 0.717) is 24.3 Å². The molecule has 166 valence electrons. The molecule has 0 radical (unpaired) electrons. The molecular weight excluding hydrogens is 408 g/mol. The fourth-order valence-corrected chi connectivity index (χ4v) is 2.72. The number of carbonyl (C=O) groups is 2. The Morgan fingerprint density at radius 1 is 1.19 bits per heavy atom. The van der Waals surface area contributed by atoms with E-state index in [1.54, 1.807) is 18.2 Å². The molecule has 0 aromatic heterocycles. The molecule has 0 fully saturated rings. The predicted octanol–water partition coefficient (Wildman–Crippen LogP) is 3.98. The number of hydrogen-bond donors (Lipinski definition) is 1. The number of nitrogens with zero attached hydrogens (tertiary/aromatic N) is 1. The van der Waals surface area contributed by atoms with Crippen molar-refractivity contribution in [1.82, 2.24) is 5.32 Å². The summed E-state index contributed by atoms with van der Waals surface area (Å²) in [6.45, 7) is 6.15. The van der Waals surface area contributed by atoms with Crippen LogP contribution in [-0.4, -0.2) is 32.1 Å². The first-order chi connectivity index (χ1) is 15.5. The van der Waals surface area contributed by atoms with Crippen molar-refractivity contribution >= 4 is 18.0 Å². The highest BCUT2D eigenvalue weighted by atomic mass is 16.6. The lowest BCUT2D eigenvalue weighted by Gasteiger charge is -2.11. The smallest absolute Gasteiger partial charge is 0.311 e. The SMILES string of the molecule is C=CCNC(=O)/C(C#N)=C/c1ccc(OC(=O)CCCOc2cccc(C)c2)c(OC)c1. The summed E-state index contributed by atoms with van der Waals surface area (Å²) in [5.74, 6) is 0.407. The highest BCUT2D eigenvalue weighted by Crippen LogP contribution is 2.29. The summed E-state index contributed by atoms with van der Waals surface area (Å²) in [4.78, 5) is 24.2. The number of nitrogens with one attached hydrogen (secondary N) is 1. The summed E-state index contributed by atoms with van der Waals surface area (Å²) in [5, 5.41) is 11.8. The average molecular weight is 434 g/mol. The van der Waals surface area contributed by atoms with E-state index in [2.05, 4.69) is 11.9 Å². The van der Waals surface area contributed by atoms with E-state index in [9.17, 15) is 14.9 Å². The maximum atomic E-state index is 12.2. The second-order valence-electron chi connectivity index (χ2n) is 6.82. The highest BCUT2D eigenvalue weighted by molar-refractivity contribution is 6.01. The van der Waals surface area contributed by atoms with E-state index in [-0.39, 0.29) is 24.3 Å². The first-order valence-corrected chi connectivity index (χ1v) is 10.1. The molecule has 2 aromatic carbocycles. The Labute approximate surface area is 187 Å². The van der Waals surface area contributed by atoms with Crippen molar-refractivity contribution in [3.8, 4) is 23.3 Å². The van der Waals surface area contributed by atoms with Gasteiger partial charge in [-0.1, -0.05) is 24.3 Å². The zero-order chi connectivity index (χ0) is 23.3. The lowest BCUT2D eigenvalue weighted by Crippen LogP contribution is -2.24. The van der Waals surface area contributed by atoms with Crippen LogP contribution in [0.1, 0.15) is 24.0 Å². The van der Waals surface area contributed by atoms with Gasteiger partial charge in [-0.25, -0.2) is 0 Å². The van der Waals surface area contributed by atoms with Gasteiger partial charge in [-0.15, -0.1) is 6.58 Å². The Morgan fingerprint density at radius 2 is 2.00 bits per heavy atom. The third-order valence-corrected chi connectivity index (χ3v) is 4.28. The summed E-state index contributed by atoms with van der Waals surface area (Å²) in [6.07, 6.45) is 3.63. The normalized spacial score (nSPS) is 10.6. The number of hydrogen-bond acceptors (Lipinski definition) is 6. The van der Waals surface area contributed by atoms with Crippen molar-refractivity contribution in [2.24, 2.45) is 0 Å². The Morgan fingerprint density at radius 3 is 2.69 bits per heavy atom. The molecule has 0 saturated heterocycles. The molecule has 1 amide bonds. The maximum Gasteiger partial charge on any atom is 0.311 e. The third-order valence-electron chi connectivity index (χ3n) is 4.28. The Hall–Kier alpha value is -4.05. The summed E-state index contributed by atoms with van der Waals surface area (Å²) in [7, 11) is 1.44. The van der Waals surface area contributed by atoms with Gasteiger partial charge in [0.05, 0.1) is 13.7 Å². The van der Waals surface area contributed by atoms with Gasteiger partial charge in [0.2, 0.25) is 0 Å². The zero-order valence-electron chi connectivity index (χ0n) is 18.2. The van der Waals surface area contributed by atoms with Crippen molar-refractivity contribution in [3.05, 3.63) is 71.8 Å². The third kappa shape index (κ3) is 7.65. The van der Waals surface area contributed by atoms with Crippen molar-refractivity contribution in [2.45, 2.75) is 19.8 Å². The van der Waals surface area contributed by atoms with Crippen molar-refractivity contribution in [2.75, 3.05) is 20.3 Å². The number of ether oxygens (including phenoxy) is 3. The van der Waals surface area contributed by atoms with Crippen LogP contribution in [0.25, 0.3) is 6.08 Å². The highest BCUT2D eigenvalue weighted by Gasteiger charge is 2.13. The molecule has 0 unspecified atom stereocenters. The molecular formula is C25H26N2O5. The molecule has 0 aliphatic rings. The van der Waals surface area contributed by atoms with Crippen LogP contribution in [-0.2, 0) is 9.59 Å². The molecule has 0 aliphatic heterocycles. The summed E-state index contributed by atoms with van der Waals surface area (Å²) in [6, 6.07) is 14.3. The van der Waals surface area contributed by atoms with Gasteiger partial charge in [-0.3, -0.25) is 9.59 Å². The quantitative estimate of drug-likeness (QED) is 0.143. The first-order valence-electron chi connectivity index (χ1n) is 10.1. The number of rotatable bonds is 11. The molecule has 0 aliphatic carbocycles. The molecule has 1 N–H and O–H groups in total. The Balaban J connectivity index is 1.94. The van der Waals surface area contributed by atoms with Crippen LogP contribution in [0.4, 0.5) is 0 Å². The fourth-order valence-electron chi connectivity index (χ4n) is 2.72. The number of nitriles is 1. The van der Waals surface area contributed by atoms with Gasteiger partial charge in [-0.2, -0.15) is 5.26 Å². The number of methoxy groups -OCH3 is 1. The van der Waals surface area contributed by atoms with Gasteiger partial charge in [0.1, 0.15) is 17.4 Å². The van der Waals surface area contributed by atoms with Crippen molar-refractivity contribution < 1.29 is 23.8 Å². The van der Waals surface area contributed by atoms with E-state index in [4.69, 9.17) is 14.2 Å². The second kappa shape index (κ2) is 12.6. The van der Waals surface area contributed by atoms with Crippen LogP contribution in [0, 0.1) is 18.3 Å². The molecule has 0 atom stereocenters. The van der Waals surface area contributed by atoms with E-state index >= 15 is 0 Å². The van der Waals surface area contributed by atoms with Gasteiger partial charge < -0.3 is 19.5 Å². The lowest BCUT2D eigenvalue weighted by molar-refractivity contribution is -0.134. The molecule has 7 nitrogen and oxygen atoms in total. The number of benzene rings is 2. The average Bonchev–Trinajstić information content (AvgIpc) is 2.79. The molecule has 0 saturated carbocycles. The molecule has 32 heavy (non-hydrogen) atoms. The van der Waals surface area contributed by atoms with E-state index in [0.717, 1.165) is 11.3 Å². The fraction of sp³-hybridized carbons (Fsp3) is 0.240. The predicted molar refractivity (Wildman–Crippen MR) is 121 cm³/mol. The van der Waals surface area contributed by atoms with Crippen LogP contribution in [0.3, 0.4) is 0 Å². The summed E-state index contributed by atoms with van der Waals surface area (Å²) >= 11 is 0. The minimum atomic E-state index is -0.505. The van der Waals surface area contributed by atoms with E-state index < -0.39 is 11.9 Å². The summed E-state index contributed by atoms with van der Waals surface area (Å²) in [5.41, 5.74) is 1.59. The second-order valence-corrected chi connectivity index (χ2v) is 6.82. The molecule has 0 bridgehead atoms. The largest absolute Gasteiger partial charge is 0.494 e.